The van der Waals surface area contributed by atoms with Crippen molar-refractivity contribution in [1.29, 1.82) is 0 Å². The van der Waals surface area contributed by atoms with Crippen LogP contribution in [-0.4, -0.2) is 49.6 Å². The highest BCUT2D eigenvalue weighted by atomic mass is 16.5. The number of ether oxygens (including phenoxy) is 1. The van der Waals surface area contributed by atoms with Crippen LogP contribution in [0.15, 0.2) is 0 Å². The van der Waals surface area contributed by atoms with Gasteiger partial charge < -0.3 is 15.0 Å². The highest BCUT2D eigenvalue weighted by Gasteiger charge is 2.44. The van der Waals surface area contributed by atoms with Crippen LogP contribution < -0.4 is 5.32 Å². The monoisotopic (exact) mass is 296 g/mol. The third kappa shape index (κ3) is 3.57. The van der Waals surface area contributed by atoms with Crippen LogP contribution in [0.4, 0.5) is 0 Å². The van der Waals surface area contributed by atoms with Gasteiger partial charge in [0.25, 0.3) is 0 Å². The number of amides is 1. The second-order valence-electron chi connectivity index (χ2n) is 6.30. The van der Waals surface area contributed by atoms with E-state index in [0.717, 1.165) is 51.7 Å². The van der Waals surface area contributed by atoms with Gasteiger partial charge in [-0.05, 0) is 39.2 Å². The molecule has 2 rings (SSSR count). The summed E-state index contributed by atoms with van der Waals surface area (Å²) in [6, 6.07) is 0. The third-order valence-electron chi connectivity index (χ3n) is 4.75. The highest BCUT2D eigenvalue weighted by Crippen LogP contribution is 2.34. The van der Waals surface area contributed by atoms with E-state index in [1.807, 2.05) is 11.8 Å². The Morgan fingerprint density at radius 2 is 2.19 bits per heavy atom. The fourth-order valence-electron chi connectivity index (χ4n) is 3.67. The van der Waals surface area contributed by atoms with Crippen LogP contribution in [0.25, 0.3) is 0 Å². The number of hydrogen-bond acceptors (Lipinski definition) is 4. The molecule has 0 aromatic rings. The van der Waals surface area contributed by atoms with Crippen LogP contribution >= 0.6 is 0 Å². The smallest absolute Gasteiger partial charge is 0.310 e. The van der Waals surface area contributed by atoms with Crippen molar-refractivity contribution >= 4 is 11.9 Å². The van der Waals surface area contributed by atoms with Gasteiger partial charge in [-0.15, -0.1) is 0 Å². The Balaban J connectivity index is 2.02. The maximum Gasteiger partial charge on any atom is 0.310 e. The summed E-state index contributed by atoms with van der Waals surface area (Å²) in [7, 11) is 0. The minimum atomic E-state index is -0.245. The number of nitrogens with zero attached hydrogens (tertiary/aromatic N) is 1. The minimum Gasteiger partial charge on any atom is -0.466 e. The normalized spacial score (nSPS) is 29.4. The number of esters is 1. The van der Waals surface area contributed by atoms with Crippen LogP contribution in [0, 0.1) is 11.3 Å². The van der Waals surface area contributed by atoms with Crippen molar-refractivity contribution in [3.63, 3.8) is 0 Å². The number of carbonyl (C=O) groups is 2. The molecule has 0 saturated carbocycles. The van der Waals surface area contributed by atoms with E-state index in [1.54, 1.807) is 0 Å². The third-order valence-corrected chi connectivity index (χ3v) is 4.75. The molecule has 0 radical (unpaired) electrons. The Bertz CT molecular complexity index is 378. The molecular formula is C16H28N2O3. The van der Waals surface area contributed by atoms with Crippen molar-refractivity contribution in [1.82, 2.24) is 10.2 Å². The zero-order valence-corrected chi connectivity index (χ0v) is 13.3. The largest absolute Gasteiger partial charge is 0.466 e. The van der Waals surface area contributed by atoms with Crippen molar-refractivity contribution in [2.75, 3.05) is 32.8 Å². The summed E-state index contributed by atoms with van der Waals surface area (Å²) in [5, 5.41) is 3.33. The first kappa shape index (κ1) is 16.3. The molecule has 5 heteroatoms. The molecule has 2 aliphatic heterocycles. The van der Waals surface area contributed by atoms with Gasteiger partial charge in [-0.25, -0.2) is 0 Å². The summed E-state index contributed by atoms with van der Waals surface area (Å²) in [6.07, 6.45) is 4.59. The average molecular weight is 296 g/mol. The second-order valence-corrected chi connectivity index (χ2v) is 6.30. The molecule has 1 N–H and O–H groups in total. The Kier molecular flexibility index (Phi) is 5.62. The zero-order valence-electron chi connectivity index (χ0n) is 13.3. The maximum atomic E-state index is 13.0. The van der Waals surface area contributed by atoms with Crippen molar-refractivity contribution in [3.05, 3.63) is 0 Å². The first-order valence-electron chi connectivity index (χ1n) is 8.29. The van der Waals surface area contributed by atoms with E-state index in [1.165, 1.54) is 0 Å². The molecule has 0 spiro atoms. The summed E-state index contributed by atoms with van der Waals surface area (Å²) < 4.78 is 5.12. The van der Waals surface area contributed by atoms with Crippen molar-refractivity contribution in [3.8, 4) is 0 Å². The molecule has 2 aliphatic rings. The molecule has 2 unspecified atom stereocenters. The molecule has 0 aromatic heterocycles. The summed E-state index contributed by atoms with van der Waals surface area (Å²) in [5.41, 5.74) is -0.245. The number of carbonyl (C=O) groups excluding carboxylic acids is 2. The zero-order chi connectivity index (χ0) is 15.3. The summed E-state index contributed by atoms with van der Waals surface area (Å²) in [5.74, 6) is -0.0527. The lowest BCUT2D eigenvalue weighted by molar-refractivity contribution is -0.153. The standard InChI is InChI=1S/C16H28N2O3/c1-3-7-16(8-9-17-12-16)15(20)18-10-5-6-13(11-18)14(19)21-4-2/h13,17H,3-12H2,1-2H3. The van der Waals surface area contributed by atoms with Gasteiger partial charge in [-0.3, -0.25) is 9.59 Å². The second kappa shape index (κ2) is 7.25. The molecule has 0 aromatic carbocycles. The van der Waals surface area contributed by atoms with E-state index in [9.17, 15) is 9.59 Å². The van der Waals surface area contributed by atoms with Crippen LogP contribution in [0.3, 0.4) is 0 Å². The van der Waals surface area contributed by atoms with Crippen LogP contribution in [0.1, 0.15) is 46.0 Å². The van der Waals surface area contributed by atoms with Gasteiger partial charge in [-0.2, -0.15) is 0 Å². The molecule has 2 fully saturated rings. The quantitative estimate of drug-likeness (QED) is 0.782. The summed E-state index contributed by atoms with van der Waals surface area (Å²) in [4.78, 5) is 26.8. The average Bonchev–Trinajstić information content (AvgIpc) is 2.97. The SMILES string of the molecule is CCCC1(C(=O)N2CCCC(C(=O)OCC)C2)CCNC1. The molecule has 2 heterocycles. The Labute approximate surface area is 127 Å². The van der Waals surface area contributed by atoms with Gasteiger partial charge in [0, 0.05) is 19.6 Å². The first-order valence-corrected chi connectivity index (χ1v) is 8.29. The summed E-state index contributed by atoms with van der Waals surface area (Å²) >= 11 is 0. The van der Waals surface area contributed by atoms with Gasteiger partial charge >= 0.3 is 5.97 Å². The van der Waals surface area contributed by atoms with E-state index in [0.29, 0.717) is 13.2 Å². The topological polar surface area (TPSA) is 58.6 Å². The van der Waals surface area contributed by atoms with Gasteiger partial charge in [0.1, 0.15) is 0 Å². The number of likely N-dealkylation sites (tertiary alicyclic amines) is 1. The van der Waals surface area contributed by atoms with Crippen molar-refractivity contribution < 1.29 is 14.3 Å². The number of hydrogen-bond donors (Lipinski definition) is 1. The Morgan fingerprint density at radius 1 is 1.38 bits per heavy atom. The highest BCUT2D eigenvalue weighted by molar-refractivity contribution is 5.84. The van der Waals surface area contributed by atoms with Crippen LogP contribution in [0.5, 0.6) is 0 Å². The lowest BCUT2D eigenvalue weighted by Crippen LogP contribution is -2.50. The molecule has 1 amide bonds. The maximum absolute atomic E-state index is 13.0. The van der Waals surface area contributed by atoms with Crippen molar-refractivity contribution in [2.45, 2.75) is 46.0 Å². The van der Waals surface area contributed by atoms with Gasteiger partial charge in [0.05, 0.1) is 17.9 Å². The van der Waals surface area contributed by atoms with Crippen molar-refractivity contribution in [2.24, 2.45) is 11.3 Å². The van der Waals surface area contributed by atoms with Crippen LogP contribution in [0.2, 0.25) is 0 Å². The fraction of sp³-hybridized carbons (Fsp3) is 0.875. The van der Waals surface area contributed by atoms with Gasteiger partial charge in [0.15, 0.2) is 0 Å². The summed E-state index contributed by atoms with van der Waals surface area (Å²) in [6.45, 7) is 7.37. The molecule has 5 nitrogen and oxygen atoms in total. The number of rotatable bonds is 5. The van der Waals surface area contributed by atoms with E-state index in [4.69, 9.17) is 4.74 Å². The predicted molar refractivity (Wildman–Crippen MR) is 80.8 cm³/mol. The Hall–Kier alpha value is -1.10. The van der Waals surface area contributed by atoms with Crippen LogP contribution in [-0.2, 0) is 14.3 Å². The number of piperidine rings is 1. The van der Waals surface area contributed by atoms with E-state index in [2.05, 4.69) is 12.2 Å². The predicted octanol–water partition coefficient (Wildman–Crippen LogP) is 1.57. The minimum absolute atomic E-state index is 0.143. The number of nitrogens with one attached hydrogen (secondary N) is 1. The molecule has 120 valence electrons. The van der Waals surface area contributed by atoms with E-state index >= 15 is 0 Å². The molecule has 2 atom stereocenters. The molecule has 0 bridgehead atoms. The van der Waals surface area contributed by atoms with E-state index in [-0.39, 0.29) is 23.2 Å². The first-order chi connectivity index (χ1) is 10.1. The fourth-order valence-corrected chi connectivity index (χ4v) is 3.67. The Morgan fingerprint density at radius 3 is 2.81 bits per heavy atom. The molecule has 2 saturated heterocycles. The van der Waals surface area contributed by atoms with E-state index < -0.39 is 0 Å². The molecular weight excluding hydrogens is 268 g/mol. The lowest BCUT2D eigenvalue weighted by Gasteiger charge is -2.38. The molecule has 0 aliphatic carbocycles. The lowest BCUT2D eigenvalue weighted by atomic mass is 9.80. The van der Waals surface area contributed by atoms with Gasteiger partial charge in [-0.1, -0.05) is 13.3 Å². The molecule has 21 heavy (non-hydrogen) atoms. The van der Waals surface area contributed by atoms with Gasteiger partial charge in [0.2, 0.25) is 5.91 Å².